The lowest BCUT2D eigenvalue weighted by Crippen LogP contribution is -2.08. The van der Waals surface area contributed by atoms with Crippen molar-refractivity contribution < 1.29 is 4.74 Å². The first-order valence-corrected chi connectivity index (χ1v) is 6.44. The highest BCUT2D eigenvalue weighted by Gasteiger charge is 2.09. The number of hydrogen-bond donors (Lipinski definition) is 2. The molecular weight excluding hydrogens is 274 g/mol. The van der Waals surface area contributed by atoms with E-state index >= 15 is 0 Å². The number of benzene rings is 2. The molecule has 0 unspecified atom stereocenters. The van der Waals surface area contributed by atoms with Gasteiger partial charge >= 0.3 is 0 Å². The van der Waals surface area contributed by atoms with Crippen LogP contribution in [-0.2, 0) is 0 Å². The van der Waals surface area contributed by atoms with Crippen LogP contribution in [0.3, 0.4) is 0 Å². The predicted molar refractivity (Wildman–Crippen MR) is 81.1 cm³/mol. The van der Waals surface area contributed by atoms with Crippen LogP contribution in [0.5, 0.6) is 11.5 Å². The molecule has 0 aliphatic heterocycles. The van der Waals surface area contributed by atoms with Crippen LogP contribution in [0.15, 0.2) is 54.6 Å². The third-order valence-corrected chi connectivity index (χ3v) is 3.22. The van der Waals surface area contributed by atoms with Crippen molar-refractivity contribution in [1.82, 2.24) is 4.98 Å². The third-order valence-electron chi connectivity index (χ3n) is 2.89. The van der Waals surface area contributed by atoms with Crippen LogP contribution in [-0.4, -0.2) is 4.98 Å². The second-order valence-electron chi connectivity index (χ2n) is 4.20. The average Bonchev–Trinajstić information content (AvgIpc) is 2.51. The normalized spacial score (nSPS) is 10.5. The first-order chi connectivity index (χ1) is 9.78. The summed E-state index contributed by atoms with van der Waals surface area (Å²) in [4.78, 5) is 4.41. The monoisotopic (exact) mass is 285 g/mol. The molecule has 5 heteroatoms. The molecule has 1 heterocycles. The van der Waals surface area contributed by atoms with E-state index in [9.17, 15) is 0 Å². The van der Waals surface area contributed by atoms with E-state index in [-0.39, 0.29) is 0 Å². The smallest absolute Gasteiger partial charge is 0.153 e. The molecule has 0 aliphatic rings. The number of nitrogens with zero attached hydrogens (tertiary/aromatic N) is 1. The number of nitrogens with two attached hydrogens (primary N) is 1. The van der Waals surface area contributed by atoms with Gasteiger partial charge in [-0.1, -0.05) is 29.8 Å². The number of ether oxygens (including phenoxy) is 1. The summed E-state index contributed by atoms with van der Waals surface area (Å²) < 4.78 is 5.86. The zero-order chi connectivity index (χ0) is 13.9. The van der Waals surface area contributed by atoms with Crippen molar-refractivity contribution in [3.05, 3.63) is 59.6 Å². The van der Waals surface area contributed by atoms with Crippen molar-refractivity contribution in [2.24, 2.45) is 5.84 Å². The lowest BCUT2D eigenvalue weighted by Gasteiger charge is -2.10. The number of aromatic nitrogens is 1. The zero-order valence-corrected chi connectivity index (χ0v) is 11.3. The summed E-state index contributed by atoms with van der Waals surface area (Å²) in [6.07, 6.45) is 0. The Hall–Kier alpha value is -2.30. The van der Waals surface area contributed by atoms with Gasteiger partial charge in [-0.2, -0.15) is 0 Å². The van der Waals surface area contributed by atoms with Gasteiger partial charge in [0, 0.05) is 5.39 Å². The average molecular weight is 286 g/mol. The summed E-state index contributed by atoms with van der Waals surface area (Å²) in [6, 6.07) is 16.7. The van der Waals surface area contributed by atoms with Gasteiger partial charge in [0.25, 0.3) is 0 Å². The van der Waals surface area contributed by atoms with Gasteiger partial charge < -0.3 is 10.2 Å². The van der Waals surface area contributed by atoms with Gasteiger partial charge in [0.2, 0.25) is 0 Å². The topological polar surface area (TPSA) is 60.2 Å². The quantitative estimate of drug-likeness (QED) is 0.565. The van der Waals surface area contributed by atoms with Crippen LogP contribution in [0.1, 0.15) is 0 Å². The summed E-state index contributed by atoms with van der Waals surface area (Å²) in [7, 11) is 0. The number of para-hydroxylation sites is 1. The first-order valence-electron chi connectivity index (χ1n) is 6.07. The first kappa shape index (κ1) is 12.7. The Morgan fingerprint density at radius 2 is 1.80 bits per heavy atom. The van der Waals surface area contributed by atoms with Gasteiger partial charge in [-0.15, -0.1) is 0 Å². The van der Waals surface area contributed by atoms with E-state index in [0.29, 0.717) is 22.1 Å². The van der Waals surface area contributed by atoms with Crippen molar-refractivity contribution in [2.45, 2.75) is 0 Å². The number of hydrazine groups is 1. The molecule has 3 rings (SSSR count). The summed E-state index contributed by atoms with van der Waals surface area (Å²) in [5.74, 6) is 7.32. The highest BCUT2D eigenvalue weighted by molar-refractivity contribution is 6.35. The van der Waals surface area contributed by atoms with E-state index < -0.39 is 0 Å². The van der Waals surface area contributed by atoms with E-state index in [1.54, 1.807) is 18.2 Å². The van der Waals surface area contributed by atoms with E-state index in [0.717, 1.165) is 11.1 Å². The van der Waals surface area contributed by atoms with Crippen molar-refractivity contribution >= 4 is 28.3 Å². The fourth-order valence-electron chi connectivity index (χ4n) is 1.94. The summed E-state index contributed by atoms with van der Waals surface area (Å²) in [6.45, 7) is 0. The molecule has 0 saturated carbocycles. The van der Waals surface area contributed by atoms with Gasteiger partial charge in [0.15, 0.2) is 5.75 Å². The number of hydrogen-bond acceptors (Lipinski definition) is 4. The Labute approximate surface area is 121 Å². The Bertz CT molecular complexity index is 747. The minimum Gasteiger partial charge on any atom is -0.455 e. The predicted octanol–water partition coefficient (Wildman–Crippen LogP) is 3.97. The van der Waals surface area contributed by atoms with Crippen molar-refractivity contribution in [2.75, 3.05) is 5.43 Å². The second kappa shape index (κ2) is 5.36. The molecule has 0 aliphatic carbocycles. The molecule has 0 saturated heterocycles. The highest BCUT2D eigenvalue weighted by atomic mass is 35.5. The lowest BCUT2D eigenvalue weighted by atomic mass is 10.2. The highest BCUT2D eigenvalue weighted by Crippen LogP contribution is 2.33. The molecule has 1 aromatic heterocycles. The molecule has 0 spiro atoms. The van der Waals surface area contributed by atoms with Gasteiger partial charge in [-0.3, -0.25) is 0 Å². The maximum Gasteiger partial charge on any atom is 0.153 e. The number of rotatable bonds is 3. The lowest BCUT2D eigenvalue weighted by molar-refractivity contribution is 0.487. The van der Waals surface area contributed by atoms with Gasteiger partial charge in [-0.25, -0.2) is 10.8 Å². The summed E-state index contributed by atoms with van der Waals surface area (Å²) in [5, 5.41) is 1.44. The van der Waals surface area contributed by atoms with Crippen LogP contribution in [0.4, 0.5) is 5.82 Å². The molecule has 0 bridgehead atoms. The van der Waals surface area contributed by atoms with Gasteiger partial charge in [0.05, 0.1) is 5.02 Å². The van der Waals surface area contributed by atoms with Crippen molar-refractivity contribution in [3.8, 4) is 11.5 Å². The van der Waals surface area contributed by atoms with Crippen LogP contribution >= 0.6 is 11.6 Å². The fourth-order valence-corrected chi connectivity index (χ4v) is 2.15. The number of pyridine rings is 1. The second-order valence-corrected chi connectivity index (χ2v) is 4.60. The van der Waals surface area contributed by atoms with Gasteiger partial charge in [-0.05, 0) is 36.4 Å². The summed E-state index contributed by atoms with van der Waals surface area (Å²) >= 11 is 6.18. The Morgan fingerprint density at radius 1 is 1.00 bits per heavy atom. The van der Waals surface area contributed by atoms with E-state index in [1.807, 2.05) is 36.4 Å². The minimum atomic E-state index is 0.553. The maximum atomic E-state index is 6.18. The van der Waals surface area contributed by atoms with Gasteiger partial charge in [0.1, 0.15) is 17.1 Å². The Kier molecular flexibility index (Phi) is 3.41. The molecular formula is C15H12ClN3O. The van der Waals surface area contributed by atoms with E-state index in [1.165, 1.54) is 0 Å². The Balaban J connectivity index is 2.12. The number of nitrogen functional groups attached to an aromatic ring is 1. The molecule has 20 heavy (non-hydrogen) atoms. The molecule has 0 amide bonds. The standard InChI is InChI=1S/C15H12ClN3O/c16-12-7-8-13(20-10-4-2-1-3-5-10)15-11(12)6-9-14(18-15)19-17/h1-9H,17H2,(H,18,19). The molecule has 3 aromatic rings. The zero-order valence-electron chi connectivity index (χ0n) is 10.5. The molecule has 100 valence electrons. The molecule has 0 radical (unpaired) electrons. The van der Waals surface area contributed by atoms with Crippen LogP contribution in [0.25, 0.3) is 10.9 Å². The maximum absolute atomic E-state index is 6.18. The van der Waals surface area contributed by atoms with E-state index in [4.69, 9.17) is 22.2 Å². The van der Waals surface area contributed by atoms with E-state index in [2.05, 4.69) is 10.4 Å². The van der Waals surface area contributed by atoms with Crippen LogP contribution in [0.2, 0.25) is 5.02 Å². The molecule has 0 atom stereocenters. The Morgan fingerprint density at radius 3 is 2.55 bits per heavy atom. The molecule has 0 fully saturated rings. The number of halogens is 1. The number of fused-ring (bicyclic) bond motifs is 1. The number of nitrogens with one attached hydrogen (secondary N) is 1. The number of anilines is 1. The summed E-state index contributed by atoms with van der Waals surface area (Å²) in [5.41, 5.74) is 3.18. The molecule has 3 N–H and O–H groups in total. The minimum absolute atomic E-state index is 0.553. The van der Waals surface area contributed by atoms with Crippen molar-refractivity contribution in [1.29, 1.82) is 0 Å². The molecule has 2 aromatic carbocycles. The molecule has 4 nitrogen and oxygen atoms in total. The van der Waals surface area contributed by atoms with Crippen molar-refractivity contribution in [3.63, 3.8) is 0 Å². The fraction of sp³-hybridized carbons (Fsp3) is 0. The largest absolute Gasteiger partial charge is 0.455 e. The van der Waals surface area contributed by atoms with Crippen LogP contribution < -0.4 is 16.0 Å². The SMILES string of the molecule is NNc1ccc2c(Cl)ccc(Oc3ccccc3)c2n1. The third kappa shape index (κ3) is 2.39. The van der Waals surface area contributed by atoms with Crippen LogP contribution in [0, 0.1) is 0 Å².